The molecule has 2 saturated heterocycles. The number of likely N-dealkylation sites (tertiary alicyclic amines) is 2. The molecule has 0 spiro atoms. The van der Waals surface area contributed by atoms with E-state index in [-0.39, 0.29) is 11.8 Å². The average Bonchev–Trinajstić information content (AvgIpc) is 3.30. The van der Waals surface area contributed by atoms with E-state index in [9.17, 15) is 9.59 Å². The topological polar surface area (TPSA) is 95.7 Å². The lowest BCUT2D eigenvalue weighted by molar-refractivity contribution is -0.131. The number of amides is 2. The Bertz CT molecular complexity index is 986. The molecule has 32 heavy (non-hydrogen) atoms. The van der Waals surface area contributed by atoms with Crippen molar-refractivity contribution in [1.29, 1.82) is 0 Å². The molecule has 8 nitrogen and oxygen atoms in total. The van der Waals surface area contributed by atoms with Crippen LogP contribution in [0.3, 0.4) is 0 Å². The quantitative estimate of drug-likeness (QED) is 0.745. The van der Waals surface area contributed by atoms with Crippen LogP contribution < -0.4 is 10.6 Å². The van der Waals surface area contributed by atoms with Crippen molar-refractivity contribution in [3.05, 3.63) is 41.7 Å². The van der Waals surface area contributed by atoms with E-state index in [4.69, 9.17) is 10.7 Å². The number of hydrogen-bond donors (Lipinski definition) is 1. The minimum atomic E-state index is -0.463. The lowest BCUT2D eigenvalue weighted by atomic mass is 9.95. The summed E-state index contributed by atoms with van der Waals surface area (Å²) >= 11 is 0. The summed E-state index contributed by atoms with van der Waals surface area (Å²) in [5.41, 5.74) is 8.60. The van der Waals surface area contributed by atoms with E-state index in [1.807, 2.05) is 42.2 Å². The zero-order valence-corrected chi connectivity index (χ0v) is 19.0. The second-order valence-corrected chi connectivity index (χ2v) is 8.97. The number of primary amides is 1. The minimum Gasteiger partial charge on any atom is -0.366 e. The fourth-order valence-corrected chi connectivity index (χ4v) is 4.59. The first-order valence-corrected chi connectivity index (χ1v) is 11.4. The highest BCUT2D eigenvalue weighted by Gasteiger charge is 2.31. The summed E-state index contributed by atoms with van der Waals surface area (Å²) in [6, 6.07) is 7.26. The van der Waals surface area contributed by atoms with Crippen LogP contribution in [0.25, 0.3) is 11.1 Å². The van der Waals surface area contributed by atoms with E-state index in [0.29, 0.717) is 24.6 Å². The Morgan fingerprint density at radius 1 is 1.16 bits per heavy atom. The van der Waals surface area contributed by atoms with Crippen LogP contribution in [0.1, 0.15) is 47.7 Å². The van der Waals surface area contributed by atoms with Gasteiger partial charge < -0.3 is 15.5 Å². The largest absolute Gasteiger partial charge is 0.366 e. The monoisotopic (exact) mass is 436 g/mol. The van der Waals surface area contributed by atoms with Crippen LogP contribution >= 0.6 is 0 Å². The molecule has 2 aromatic rings. The Hall–Kier alpha value is -3.00. The van der Waals surface area contributed by atoms with Crippen molar-refractivity contribution >= 4 is 17.8 Å². The molecule has 2 N–H and O–H groups in total. The van der Waals surface area contributed by atoms with Crippen LogP contribution in [0.5, 0.6) is 0 Å². The third-order valence-electron chi connectivity index (χ3n) is 6.40. The van der Waals surface area contributed by atoms with Gasteiger partial charge in [-0.05, 0) is 50.0 Å². The molecule has 1 atom stereocenters. The number of carbonyl (C=O) groups is 2. The SMILES string of the molecule is CN(C)c1ncc(-c2cccc(C(N)=O)c2)c(C2CCN(C(=O)CN3CCCCC3)C2)n1. The standard InChI is InChI=1S/C24H32N6O2/c1-28(2)24-26-14-20(17-7-6-8-18(13-17)23(25)32)22(27-24)19-9-12-30(15-19)21(31)16-29-10-4-3-5-11-29/h6-8,13-14,19H,3-5,9-12,15-16H2,1-2H3,(H2,25,32). The number of carbonyl (C=O) groups excluding carboxylic acids is 2. The van der Waals surface area contributed by atoms with Gasteiger partial charge in [0.25, 0.3) is 0 Å². The molecular weight excluding hydrogens is 404 g/mol. The van der Waals surface area contributed by atoms with E-state index in [2.05, 4.69) is 9.88 Å². The highest BCUT2D eigenvalue weighted by Crippen LogP contribution is 2.34. The molecule has 170 valence electrons. The molecule has 1 unspecified atom stereocenters. The van der Waals surface area contributed by atoms with Gasteiger partial charge in [-0.15, -0.1) is 0 Å². The van der Waals surface area contributed by atoms with Gasteiger partial charge >= 0.3 is 0 Å². The average molecular weight is 437 g/mol. The van der Waals surface area contributed by atoms with Gasteiger partial charge in [0.2, 0.25) is 17.8 Å². The maximum atomic E-state index is 12.9. The van der Waals surface area contributed by atoms with Crippen molar-refractivity contribution < 1.29 is 9.59 Å². The maximum Gasteiger partial charge on any atom is 0.248 e. The van der Waals surface area contributed by atoms with E-state index in [1.165, 1.54) is 19.3 Å². The molecular formula is C24H32N6O2. The van der Waals surface area contributed by atoms with Crippen LogP contribution in [-0.2, 0) is 4.79 Å². The molecule has 0 radical (unpaired) electrons. The molecule has 1 aromatic heterocycles. The zero-order chi connectivity index (χ0) is 22.7. The fraction of sp³-hybridized carbons (Fsp3) is 0.500. The number of aromatic nitrogens is 2. The van der Waals surface area contributed by atoms with Gasteiger partial charge in [-0.3, -0.25) is 14.5 Å². The summed E-state index contributed by atoms with van der Waals surface area (Å²) in [5, 5.41) is 0. The first-order valence-electron chi connectivity index (χ1n) is 11.4. The van der Waals surface area contributed by atoms with Crippen LogP contribution in [0.4, 0.5) is 5.95 Å². The van der Waals surface area contributed by atoms with E-state index >= 15 is 0 Å². The number of hydrogen-bond acceptors (Lipinski definition) is 6. The number of anilines is 1. The van der Waals surface area contributed by atoms with Gasteiger partial charge in [0.1, 0.15) is 0 Å². The van der Waals surface area contributed by atoms with E-state index < -0.39 is 5.91 Å². The van der Waals surface area contributed by atoms with Crippen LogP contribution in [0, 0.1) is 0 Å². The molecule has 4 rings (SSSR count). The number of nitrogens with two attached hydrogens (primary N) is 1. The number of nitrogens with zero attached hydrogens (tertiary/aromatic N) is 5. The van der Waals surface area contributed by atoms with Gasteiger partial charge in [0.05, 0.1) is 12.2 Å². The Kier molecular flexibility index (Phi) is 6.69. The first-order chi connectivity index (χ1) is 15.4. The molecule has 2 aliphatic rings. The van der Waals surface area contributed by atoms with E-state index in [1.54, 1.807) is 12.1 Å². The molecule has 2 amide bonds. The first kappa shape index (κ1) is 22.2. The lowest BCUT2D eigenvalue weighted by Crippen LogP contribution is -2.41. The highest BCUT2D eigenvalue weighted by molar-refractivity contribution is 5.94. The Labute approximate surface area is 189 Å². The molecule has 8 heteroatoms. The molecule has 3 heterocycles. The van der Waals surface area contributed by atoms with E-state index in [0.717, 1.165) is 42.9 Å². The Balaban J connectivity index is 1.58. The predicted molar refractivity (Wildman–Crippen MR) is 125 cm³/mol. The van der Waals surface area contributed by atoms with Gasteiger partial charge in [-0.2, -0.15) is 0 Å². The molecule has 0 saturated carbocycles. The Morgan fingerprint density at radius 3 is 2.66 bits per heavy atom. The highest BCUT2D eigenvalue weighted by atomic mass is 16.2. The third kappa shape index (κ3) is 4.91. The predicted octanol–water partition coefficient (Wildman–Crippen LogP) is 2.11. The Morgan fingerprint density at radius 2 is 1.94 bits per heavy atom. The summed E-state index contributed by atoms with van der Waals surface area (Å²) in [7, 11) is 3.82. The van der Waals surface area contributed by atoms with Crippen molar-refractivity contribution in [1.82, 2.24) is 19.8 Å². The van der Waals surface area contributed by atoms with Crippen molar-refractivity contribution in [2.24, 2.45) is 5.73 Å². The summed E-state index contributed by atoms with van der Waals surface area (Å²) in [4.78, 5) is 40.1. The molecule has 2 fully saturated rings. The molecule has 1 aromatic carbocycles. The number of piperidine rings is 1. The second-order valence-electron chi connectivity index (χ2n) is 8.97. The normalized spacial score (nSPS) is 19.2. The summed E-state index contributed by atoms with van der Waals surface area (Å²) in [6.07, 6.45) is 6.29. The van der Waals surface area contributed by atoms with Crippen LogP contribution in [0.2, 0.25) is 0 Å². The molecule has 0 aliphatic carbocycles. The zero-order valence-electron chi connectivity index (χ0n) is 19.0. The van der Waals surface area contributed by atoms with Crippen molar-refractivity contribution in [2.45, 2.75) is 31.6 Å². The molecule has 0 bridgehead atoms. The second kappa shape index (κ2) is 9.65. The third-order valence-corrected chi connectivity index (χ3v) is 6.40. The number of benzene rings is 1. The molecule has 2 aliphatic heterocycles. The van der Waals surface area contributed by atoms with Crippen LogP contribution in [-0.4, -0.2) is 78.4 Å². The summed E-state index contributed by atoms with van der Waals surface area (Å²) < 4.78 is 0. The van der Waals surface area contributed by atoms with Gasteiger partial charge in [-0.25, -0.2) is 9.97 Å². The van der Waals surface area contributed by atoms with Crippen molar-refractivity contribution in [2.75, 3.05) is 51.7 Å². The maximum absolute atomic E-state index is 12.9. The lowest BCUT2D eigenvalue weighted by Gasteiger charge is -2.28. The van der Waals surface area contributed by atoms with Crippen molar-refractivity contribution in [3.8, 4) is 11.1 Å². The summed E-state index contributed by atoms with van der Waals surface area (Å²) in [5.74, 6) is 0.491. The smallest absolute Gasteiger partial charge is 0.248 e. The fourth-order valence-electron chi connectivity index (χ4n) is 4.59. The van der Waals surface area contributed by atoms with Crippen LogP contribution in [0.15, 0.2) is 30.5 Å². The van der Waals surface area contributed by atoms with Gasteiger partial charge in [-0.1, -0.05) is 18.6 Å². The minimum absolute atomic E-state index is 0.120. The van der Waals surface area contributed by atoms with Gasteiger partial charge in [0, 0.05) is 50.4 Å². The van der Waals surface area contributed by atoms with Crippen molar-refractivity contribution in [3.63, 3.8) is 0 Å². The number of rotatable bonds is 6. The van der Waals surface area contributed by atoms with Gasteiger partial charge in [0.15, 0.2) is 0 Å². The summed E-state index contributed by atoms with van der Waals surface area (Å²) in [6.45, 7) is 3.92.